The zero-order valence-corrected chi connectivity index (χ0v) is 13.2. The van der Waals surface area contributed by atoms with Crippen LogP contribution in [0.25, 0.3) is 11.0 Å². The van der Waals surface area contributed by atoms with Crippen LogP contribution in [0, 0.1) is 0 Å². The van der Waals surface area contributed by atoms with Crippen molar-refractivity contribution >= 4 is 22.6 Å². The number of rotatable bonds is 5. The molecule has 1 aliphatic heterocycles. The van der Waals surface area contributed by atoms with Crippen LogP contribution >= 0.6 is 0 Å². The Kier molecular flexibility index (Phi) is 4.73. The van der Waals surface area contributed by atoms with Crippen molar-refractivity contribution in [2.45, 2.75) is 45.1 Å². The van der Waals surface area contributed by atoms with Crippen LogP contribution in [-0.4, -0.2) is 29.1 Å². The van der Waals surface area contributed by atoms with E-state index in [0.717, 1.165) is 37.1 Å². The third kappa shape index (κ3) is 3.30. The van der Waals surface area contributed by atoms with Gasteiger partial charge in [-0.25, -0.2) is 4.98 Å². The van der Waals surface area contributed by atoms with Crippen LogP contribution in [-0.2, 0) is 17.8 Å². The van der Waals surface area contributed by atoms with Gasteiger partial charge >= 0.3 is 0 Å². The maximum atomic E-state index is 11.9. The second-order valence-corrected chi connectivity index (χ2v) is 5.95. The van der Waals surface area contributed by atoms with Gasteiger partial charge in [0.05, 0.1) is 11.0 Å². The van der Waals surface area contributed by atoms with E-state index in [1.54, 1.807) is 0 Å². The van der Waals surface area contributed by atoms with E-state index in [9.17, 15) is 4.79 Å². The Hall–Kier alpha value is -1.88. The largest absolute Gasteiger partial charge is 0.328 e. The lowest BCUT2D eigenvalue weighted by molar-refractivity contribution is -0.116. The van der Waals surface area contributed by atoms with E-state index in [1.807, 2.05) is 19.2 Å². The van der Waals surface area contributed by atoms with Gasteiger partial charge in [-0.2, -0.15) is 0 Å². The first-order chi connectivity index (χ1) is 10.8. The average molecular weight is 300 g/mol. The van der Waals surface area contributed by atoms with Gasteiger partial charge in [0, 0.05) is 25.1 Å². The Morgan fingerprint density at radius 1 is 1.32 bits per heavy atom. The van der Waals surface area contributed by atoms with Gasteiger partial charge in [-0.05, 0) is 51.1 Å². The summed E-state index contributed by atoms with van der Waals surface area (Å²) in [6.45, 7) is 1.92. The minimum Gasteiger partial charge on any atom is -0.328 e. The Morgan fingerprint density at radius 2 is 2.23 bits per heavy atom. The lowest BCUT2D eigenvalue weighted by Crippen LogP contribution is -2.15. The van der Waals surface area contributed by atoms with Crippen molar-refractivity contribution in [1.82, 2.24) is 14.9 Å². The summed E-state index contributed by atoms with van der Waals surface area (Å²) in [4.78, 5) is 16.7. The number of carbonyl (C=O) groups excluding carboxylic acids is 1. The van der Waals surface area contributed by atoms with Crippen molar-refractivity contribution < 1.29 is 4.79 Å². The molecule has 0 fully saturated rings. The monoisotopic (exact) mass is 300 g/mol. The molecule has 118 valence electrons. The van der Waals surface area contributed by atoms with Crippen LogP contribution in [0.5, 0.6) is 0 Å². The number of aryl methyl sites for hydroxylation is 2. The van der Waals surface area contributed by atoms with E-state index < -0.39 is 0 Å². The van der Waals surface area contributed by atoms with Crippen molar-refractivity contribution in [3.05, 3.63) is 24.0 Å². The zero-order chi connectivity index (χ0) is 15.4. The first-order valence-corrected chi connectivity index (χ1v) is 8.21. The molecule has 0 bridgehead atoms. The summed E-state index contributed by atoms with van der Waals surface area (Å²) in [6.07, 6.45) is 6.18. The quantitative estimate of drug-likeness (QED) is 0.835. The summed E-state index contributed by atoms with van der Waals surface area (Å²) in [5.41, 5.74) is 3.02. The number of hydrogen-bond acceptors (Lipinski definition) is 3. The van der Waals surface area contributed by atoms with E-state index in [-0.39, 0.29) is 5.91 Å². The minimum absolute atomic E-state index is 0.0652. The van der Waals surface area contributed by atoms with E-state index in [2.05, 4.69) is 21.3 Å². The highest BCUT2D eigenvalue weighted by molar-refractivity contribution is 5.93. The predicted molar refractivity (Wildman–Crippen MR) is 89.1 cm³/mol. The second kappa shape index (κ2) is 6.92. The molecule has 0 radical (unpaired) electrons. The lowest BCUT2D eigenvalue weighted by atomic mass is 10.2. The molecule has 0 unspecified atom stereocenters. The van der Waals surface area contributed by atoms with Crippen LogP contribution in [0.2, 0.25) is 0 Å². The van der Waals surface area contributed by atoms with Gasteiger partial charge < -0.3 is 15.2 Å². The predicted octanol–water partition coefficient (Wildman–Crippen LogP) is 2.70. The van der Waals surface area contributed by atoms with Crippen LogP contribution in [0.15, 0.2) is 18.2 Å². The Bertz CT molecular complexity index is 662. The molecule has 5 heteroatoms. The second-order valence-electron chi connectivity index (χ2n) is 5.95. The highest BCUT2D eigenvalue weighted by Crippen LogP contribution is 2.24. The van der Waals surface area contributed by atoms with Crippen LogP contribution in [0.1, 0.15) is 37.9 Å². The van der Waals surface area contributed by atoms with Crippen molar-refractivity contribution in [2.24, 2.45) is 0 Å². The topological polar surface area (TPSA) is 59.0 Å². The molecule has 0 saturated carbocycles. The smallest absolute Gasteiger partial charge is 0.224 e. The number of benzene rings is 1. The van der Waals surface area contributed by atoms with Crippen molar-refractivity contribution in [1.29, 1.82) is 0 Å². The third-order valence-electron chi connectivity index (χ3n) is 4.22. The number of imidazole rings is 1. The third-order valence-corrected chi connectivity index (χ3v) is 4.22. The fourth-order valence-corrected chi connectivity index (χ4v) is 3.08. The molecule has 2 aromatic rings. The van der Waals surface area contributed by atoms with Gasteiger partial charge in [-0.3, -0.25) is 4.79 Å². The number of nitrogens with one attached hydrogen (secondary N) is 2. The molecule has 2 N–H and O–H groups in total. The number of fused-ring (bicyclic) bond motifs is 3. The molecule has 0 spiro atoms. The summed E-state index contributed by atoms with van der Waals surface area (Å²) in [5, 5.41) is 6.02. The van der Waals surface area contributed by atoms with E-state index in [1.165, 1.54) is 30.6 Å². The van der Waals surface area contributed by atoms with Crippen LogP contribution in [0.4, 0.5) is 5.69 Å². The fourth-order valence-electron chi connectivity index (χ4n) is 3.08. The minimum atomic E-state index is 0.0652. The number of aromatic nitrogens is 2. The van der Waals surface area contributed by atoms with Crippen molar-refractivity contribution in [3.8, 4) is 0 Å². The van der Waals surface area contributed by atoms with E-state index in [0.29, 0.717) is 6.42 Å². The van der Waals surface area contributed by atoms with Gasteiger partial charge in [-0.1, -0.05) is 6.42 Å². The van der Waals surface area contributed by atoms with Gasteiger partial charge in [0.15, 0.2) is 0 Å². The van der Waals surface area contributed by atoms with Gasteiger partial charge in [-0.15, -0.1) is 0 Å². The molecular weight excluding hydrogens is 276 g/mol. The Balaban J connectivity index is 1.74. The SMILES string of the molecule is CNCCCC(=O)Nc1ccc2c(c1)nc1n2CCCCC1. The maximum absolute atomic E-state index is 11.9. The molecule has 5 nitrogen and oxygen atoms in total. The highest BCUT2D eigenvalue weighted by atomic mass is 16.1. The molecular formula is C17H24N4O. The number of anilines is 1. The van der Waals surface area contributed by atoms with Crippen molar-refractivity contribution in [3.63, 3.8) is 0 Å². The summed E-state index contributed by atoms with van der Waals surface area (Å²) in [6, 6.07) is 6.06. The van der Waals surface area contributed by atoms with E-state index >= 15 is 0 Å². The van der Waals surface area contributed by atoms with Crippen molar-refractivity contribution in [2.75, 3.05) is 18.9 Å². The summed E-state index contributed by atoms with van der Waals surface area (Å²) < 4.78 is 2.33. The molecule has 1 amide bonds. The number of carbonyl (C=O) groups is 1. The highest BCUT2D eigenvalue weighted by Gasteiger charge is 2.14. The summed E-state index contributed by atoms with van der Waals surface area (Å²) >= 11 is 0. The van der Waals surface area contributed by atoms with Crippen LogP contribution < -0.4 is 10.6 Å². The normalized spacial score (nSPS) is 14.6. The molecule has 1 aromatic heterocycles. The maximum Gasteiger partial charge on any atom is 0.224 e. The number of amides is 1. The standard InChI is InChI=1S/C17H24N4O/c1-18-10-5-7-17(22)19-13-8-9-15-14(12-13)20-16-6-3-2-4-11-21(15)16/h8-9,12,18H,2-7,10-11H2,1H3,(H,19,22). The first-order valence-electron chi connectivity index (χ1n) is 8.21. The summed E-state index contributed by atoms with van der Waals surface area (Å²) in [5.74, 6) is 1.25. The number of nitrogens with zero attached hydrogens (tertiary/aromatic N) is 2. The van der Waals surface area contributed by atoms with Gasteiger partial charge in [0.1, 0.15) is 5.82 Å². The Labute approximate surface area is 131 Å². The molecule has 22 heavy (non-hydrogen) atoms. The molecule has 2 heterocycles. The molecule has 0 saturated heterocycles. The molecule has 1 aromatic carbocycles. The lowest BCUT2D eigenvalue weighted by Gasteiger charge is -2.06. The number of hydrogen-bond donors (Lipinski definition) is 2. The Morgan fingerprint density at radius 3 is 3.09 bits per heavy atom. The fraction of sp³-hybridized carbons (Fsp3) is 0.529. The summed E-state index contributed by atoms with van der Waals surface area (Å²) in [7, 11) is 1.90. The first kappa shape index (κ1) is 15.0. The van der Waals surface area contributed by atoms with Crippen LogP contribution in [0.3, 0.4) is 0 Å². The van der Waals surface area contributed by atoms with Gasteiger partial charge in [0.25, 0.3) is 0 Å². The average Bonchev–Trinajstić information content (AvgIpc) is 2.68. The van der Waals surface area contributed by atoms with Gasteiger partial charge in [0.2, 0.25) is 5.91 Å². The molecule has 0 aliphatic carbocycles. The zero-order valence-electron chi connectivity index (χ0n) is 13.2. The molecule has 3 rings (SSSR count). The molecule has 0 atom stereocenters. The van der Waals surface area contributed by atoms with E-state index in [4.69, 9.17) is 4.98 Å². The molecule has 1 aliphatic rings.